The molecule has 0 saturated carbocycles. The number of halogens is 1. The zero-order valence-corrected chi connectivity index (χ0v) is 14.5. The summed E-state index contributed by atoms with van der Waals surface area (Å²) in [6.45, 7) is 4.33. The highest BCUT2D eigenvalue weighted by molar-refractivity contribution is 6.34. The van der Waals surface area contributed by atoms with Crippen LogP contribution in [0.25, 0.3) is 0 Å². The van der Waals surface area contributed by atoms with Gasteiger partial charge in [0.2, 0.25) is 5.91 Å². The Labute approximate surface area is 150 Å². The minimum Gasteiger partial charge on any atom is -0.352 e. The van der Waals surface area contributed by atoms with Crippen LogP contribution in [-0.4, -0.2) is 53.1 Å². The Balaban J connectivity index is 1.62. The Morgan fingerprint density at radius 1 is 1.04 bits per heavy atom. The zero-order valence-electron chi connectivity index (χ0n) is 13.8. The molecule has 130 valence electrons. The van der Waals surface area contributed by atoms with E-state index in [1.165, 1.54) is 0 Å². The van der Waals surface area contributed by atoms with E-state index in [4.69, 9.17) is 11.6 Å². The van der Waals surface area contributed by atoms with Gasteiger partial charge >= 0.3 is 0 Å². The summed E-state index contributed by atoms with van der Waals surface area (Å²) in [7, 11) is 0. The van der Waals surface area contributed by atoms with E-state index in [2.05, 4.69) is 20.4 Å². The maximum Gasteiger partial charge on any atom is 0.258 e. The fourth-order valence-electron chi connectivity index (χ4n) is 2.64. The quantitative estimate of drug-likeness (QED) is 0.907. The molecule has 3 rings (SSSR count). The summed E-state index contributed by atoms with van der Waals surface area (Å²) in [4.78, 5) is 27.4. The molecule has 1 aromatic carbocycles. The van der Waals surface area contributed by atoms with E-state index in [0.29, 0.717) is 42.6 Å². The van der Waals surface area contributed by atoms with Crippen molar-refractivity contribution in [2.75, 3.05) is 36.4 Å². The van der Waals surface area contributed by atoms with Crippen LogP contribution in [0.3, 0.4) is 0 Å². The van der Waals surface area contributed by atoms with Gasteiger partial charge in [0, 0.05) is 33.1 Å². The van der Waals surface area contributed by atoms with Crippen LogP contribution in [0.15, 0.2) is 36.4 Å². The summed E-state index contributed by atoms with van der Waals surface area (Å²) in [6.07, 6.45) is 0. The van der Waals surface area contributed by atoms with Gasteiger partial charge in [0.1, 0.15) is 0 Å². The maximum absolute atomic E-state index is 12.2. The molecular weight excluding hydrogens is 342 g/mol. The molecule has 0 atom stereocenters. The summed E-state index contributed by atoms with van der Waals surface area (Å²) >= 11 is 6.01. The molecule has 0 radical (unpaired) electrons. The molecule has 1 aromatic heterocycles. The number of nitrogens with zero attached hydrogens (tertiary/aromatic N) is 4. The number of amides is 2. The fourth-order valence-corrected chi connectivity index (χ4v) is 2.86. The van der Waals surface area contributed by atoms with Crippen LogP contribution >= 0.6 is 11.6 Å². The van der Waals surface area contributed by atoms with Crippen molar-refractivity contribution in [1.82, 2.24) is 15.1 Å². The summed E-state index contributed by atoms with van der Waals surface area (Å²) in [6, 6.07) is 10.3. The number of hydrogen-bond donors (Lipinski definition) is 1. The second-order valence-electron chi connectivity index (χ2n) is 5.70. The molecule has 1 N–H and O–H groups in total. The van der Waals surface area contributed by atoms with Crippen LogP contribution in [0.2, 0.25) is 5.02 Å². The number of aromatic nitrogens is 2. The van der Waals surface area contributed by atoms with Crippen LogP contribution in [0, 0.1) is 0 Å². The lowest BCUT2D eigenvalue weighted by Crippen LogP contribution is -2.48. The van der Waals surface area contributed by atoms with Crippen molar-refractivity contribution in [2.45, 2.75) is 6.92 Å². The molecule has 1 aliphatic rings. The van der Waals surface area contributed by atoms with Crippen molar-refractivity contribution in [3.63, 3.8) is 0 Å². The molecule has 0 unspecified atom stereocenters. The first-order chi connectivity index (χ1) is 12.0. The molecule has 25 heavy (non-hydrogen) atoms. The highest BCUT2D eigenvalue weighted by Gasteiger charge is 2.20. The molecule has 2 heterocycles. The number of anilines is 2. The van der Waals surface area contributed by atoms with Crippen LogP contribution in [0.5, 0.6) is 0 Å². The SMILES string of the molecule is CC(=O)N1CCN(c2ccc(NC(=O)c3ccccc3Cl)nn2)CC1. The van der Waals surface area contributed by atoms with E-state index in [1.807, 2.05) is 4.90 Å². The van der Waals surface area contributed by atoms with Gasteiger partial charge in [-0.05, 0) is 24.3 Å². The molecule has 2 amide bonds. The maximum atomic E-state index is 12.2. The minimum absolute atomic E-state index is 0.0865. The summed E-state index contributed by atoms with van der Waals surface area (Å²) in [5.74, 6) is 0.834. The lowest BCUT2D eigenvalue weighted by Gasteiger charge is -2.34. The Kier molecular flexibility index (Phi) is 5.14. The minimum atomic E-state index is -0.331. The van der Waals surface area contributed by atoms with Crippen molar-refractivity contribution >= 4 is 35.1 Å². The van der Waals surface area contributed by atoms with E-state index in [9.17, 15) is 9.59 Å². The predicted octanol–water partition coefficient (Wildman–Crippen LogP) is 2.05. The van der Waals surface area contributed by atoms with E-state index in [0.717, 1.165) is 5.82 Å². The zero-order chi connectivity index (χ0) is 17.8. The first-order valence-electron chi connectivity index (χ1n) is 7.94. The molecule has 1 aliphatic heterocycles. The van der Waals surface area contributed by atoms with Gasteiger partial charge in [0.15, 0.2) is 11.6 Å². The first-order valence-corrected chi connectivity index (χ1v) is 8.32. The second kappa shape index (κ2) is 7.48. The number of carbonyl (C=O) groups excluding carboxylic acids is 2. The highest BCUT2D eigenvalue weighted by atomic mass is 35.5. The van der Waals surface area contributed by atoms with Gasteiger partial charge in [-0.25, -0.2) is 0 Å². The predicted molar refractivity (Wildman–Crippen MR) is 95.9 cm³/mol. The second-order valence-corrected chi connectivity index (χ2v) is 6.11. The van der Waals surface area contributed by atoms with Crippen molar-refractivity contribution in [3.8, 4) is 0 Å². The third-order valence-electron chi connectivity index (χ3n) is 4.06. The van der Waals surface area contributed by atoms with Crippen molar-refractivity contribution < 1.29 is 9.59 Å². The van der Waals surface area contributed by atoms with Crippen LogP contribution in [-0.2, 0) is 4.79 Å². The van der Waals surface area contributed by atoms with E-state index in [1.54, 1.807) is 43.3 Å². The fraction of sp³-hybridized carbons (Fsp3) is 0.294. The molecular formula is C17H18ClN5O2. The van der Waals surface area contributed by atoms with E-state index < -0.39 is 0 Å². The number of rotatable bonds is 3. The summed E-state index contributed by atoms with van der Waals surface area (Å²) in [5.41, 5.74) is 0.385. The van der Waals surface area contributed by atoms with Crippen LogP contribution in [0.1, 0.15) is 17.3 Å². The van der Waals surface area contributed by atoms with Gasteiger partial charge < -0.3 is 15.1 Å². The van der Waals surface area contributed by atoms with Gasteiger partial charge in [-0.3, -0.25) is 9.59 Å². The average molecular weight is 360 g/mol. The standard InChI is InChI=1S/C17H18ClN5O2/c1-12(24)22-8-10-23(11-9-22)16-7-6-15(20-21-16)19-17(25)13-4-2-3-5-14(13)18/h2-7H,8-11H2,1H3,(H,19,20,25). The molecule has 0 bridgehead atoms. The molecule has 0 spiro atoms. The summed E-state index contributed by atoms with van der Waals surface area (Å²) < 4.78 is 0. The van der Waals surface area contributed by atoms with Gasteiger partial charge in [-0.1, -0.05) is 23.7 Å². The largest absolute Gasteiger partial charge is 0.352 e. The third kappa shape index (κ3) is 4.06. The lowest BCUT2D eigenvalue weighted by molar-refractivity contribution is -0.129. The number of piperazine rings is 1. The van der Waals surface area contributed by atoms with Crippen molar-refractivity contribution in [2.24, 2.45) is 0 Å². The Hall–Kier alpha value is -2.67. The van der Waals surface area contributed by atoms with Gasteiger partial charge in [-0.2, -0.15) is 0 Å². The summed E-state index contributed by atoms with van der Waals surface area (Å²) in [5, 5.41) is 11.3. The normalized spacial score (nSPS) is 14.3. The number of hydrogen-bond acceptors (Lipinski definition) is 5. The first kappa shape index (κ1) is 17.2. The number of carbonyl (C=O) groups is 2. The third-order valence-corrected chi connectivity index (χ3v) is 4.39. The topological polar surface area (TPSA) is 78.4 Å². The molecule has 0 aliphatic carbocycles. The van der Waals surface area contributed by atoms with Crippen molar-refractivity contribution in [3.05, 3.63) is 47.0 Å². The monoisotopic (exact) mass is 359 g/mol. The molecule has 8 heteroatoms. The van der Waals surface area contributed by atoms with E-state index >= 15 is 0 Å². The lowest BCUT2D eigenvalue weighted by atomic mass is 10.2. The Morgan fingerprint density at radius 2 is 1.76 bits per heavy atom. The highest BCUT2D eigenvalue weighted by Crippen LogP contribution is 2.18. The smallest absolute Gasteiger partial charge is 0.258 e. The Bertz CT molecular complexity index is 773. The van der Waals surface area contributed by atoms with Gasteiger partial charge in [-0.15, -0.1) is 10.2 Å². The van der Waals surface area contributed by atoms with Gasteiger partial charge in [0.05, 0.1) is 10.6 Å². The van der Waals surface area contributed by atoms with Crippen LogP contribution in [0.4, 0.5) is 11.6 Å². The molecule has 7 nitrogen and oxygen atoms in total. The van der Waals surface area contributed by atoms with Crippen molar-refractivity contribution in [1.29, 1.82) is 0 Å². The number of benzene rings is 1. The van der Waals surface area contributed by atoms with E-state index in [-0.39, 0.29) is 11.8 Å². The van der Waals surface area contributed by atoms with Crippen LogP contribution < -0.4 is 10.2 Å². The molecule has 1 fully saturated rings. The Morgan fingerprint density at radius 3 is 2.36 bits per heavy atom. The number of nitrogens with one attached hydrogen (secondary N) is 1. The molecule has 1 saturated heterocycles. The molecule has 2 aromatic rings. The average Bonchev–Trinajstić information content (AvgIpc) is 2.63. The van der Waals surface area contributed by atoms with Gasteiger partial charge in [0.25, 0.3) is 5.91 Å².